The van der Waals surface area contributed by atoms with Crippen molar-refractivity contribution in [1.29, 1.82) is 0 Å². The summed E-state index contributed by atoms with van der Waals surface area (Å²) in [5.41, 5.74) is 1.45. The summed E-state index contributed by atoms with van der Waals surface area (Å²) in [5, 5.41) is 11.3. The van der Waals surface area contributed by atoms with Gasteiger partial charge in [-0.1, -0.05) is 17.3 Å². The number of piperidine rings is 1. The molecule has 1 aliphatic heterocycles. The van der Waals surface area contributed by atoms with Gasteiger partial charge in [0.05, 0.1) is 6.42 Å². The zero-order valence-electron chi connectivity index (χ0n) is 10.8. The number of carbonyl (C=O) groups is 1. The van der Waals surface area contributed by atoms with Crippen LogP contribution in [0.15, 0.2) is 28.8 Å². The molecule has 1 aromatic carbocycles. The minimum absolute atomic E-state index is 0. The van der Waals surface area contributed by atoms with Crippen LogP contribution < -0.4 is 10.6 Å². The Morgan fingerprint density at radius 2 is 2.10 bits per heavy atom. The number of nitrogens with one attached hydrogen (secondary N) is 2. The molecule has 2 fully saturated rings. The van der Waals surface area contributed by atoms with E-state index in [-0.39, 0.29) is 18.3 Å². The molecule has 2 aliphatic rings. The standard InChI is InChI=1S/C14H15N3O2.ClH/c18-13(16-14-9-6-15-7-10(9)14)5-11-8-3-1-2-4-12(8)19-17-11;/h1-4,9-10,14-15H,5-7H2,(H,16,18);1H. The summed E-state index contributed by atoms with van der Waals surface area (Å²) in [6, 6.07) is 7.99. The van der Waals surface area contributed by atoms with Crippen molar-refractivity contribution >= 4 is 29.3 Å². The number of rotatable bonds is 3. The fraction of sp³-hybridized carbons (Fsp3) is 0.429. The normalized spacial score (nSPS) is 26.9. The number of halogens is 1. The predicted molar refractivity (Wildman–Crippen MR) is 76.7 cm³/mol. The highest BCUT2D eigenvalue weighted by atomic mass is 35.5. The summed E-state index contributed by atoms with van der Waals surface area (Å²) >= 11 is 0. The predicted octanol–water partition coefficient (Wildman–Crippen LogP) is 1.13. The molecule has 2 atom stereocenters. The van der Waals surface area contributed by atoms with Gasteiger partial charge < -0.3 is 15.2 Å². The van der Waals surface area contributed by atoms with Crippen LogP contribution in [-0.4, -0.2) is 30.2 Å². The molecule has 1 aliphatic carbocycles. The van der Waals surface area contributed by atoms with Crippen LogP contribution in [0.4, 0.5) is 0 Å². The summed E-state index contributed by atoms with van der Waals surface area (Å²) in [6.45, 7) is 2.06. The van der Waals surface area contributed by atoms with E-state index in [1.165, 1.54) is 0 Å². The largest absolute Gasteiger partial charge is 0.356 e. The molecule has 1 amide bonds. The van der Waals surface area contributed by atoms with Crippen LogP contribution >= 0.6 is 12.4 Å². The van der Waals surface area contributed by atoms with Crippen LogP contribution in [0, 0.1) is 11.8 Å². The minimum Gasteiger partial charge on any atom is -0.356 e. The molecule has 5 nitrogen and oxygen atoms in total. The Hall–Kier alpha value is -1.59. The fourth-order valence-corrected chi connectivity index (χ4v) is 3.09. The average molecular weight is 294 g/mol. The number of benzene rings is 1. The van der Waals surface area contributed by atoms with E-state index < -0.39 is 0 Å². The van der Waals surface area contributed by atoms with Crippen LogP contribution in [-0.2, 0) is 11.2 Å². The highest BCUT2D eigenvalue weighted by Crippen LogP contribution is 2.41. The van der Waals surface area contributed by atoms with Crippen molar-refractivity contribution in [3.05, 3.63) is 30.0 Å². The highest BCUT2D eigenvalue weighted by molar-refractivity contribution is 5.86. The first kappa shape index (κ1) is 13.4. The molecule has 0 bridgehead atoms. The molecule has 2 N–H and O–H groups in total. The molecule has 0 spiro atoms. The van der Waals surface area contributed by atoms with Crippen molar-refractivity contribution in [2.24, 2.45) is 11.8 Å². The van der Waals surface area contributed by atoms with E-state index in [0.717, 1.165) is 29.8 Å². The van der Waals surface area contributed by atoms with Gasteiger partial charge in [-0.3, -0.25) is 4.79 Å². The monoisotopic (exact) mass is 293 g/mol. The number of carbonyl (C=O) groups excluding carboxylic acids is 1. The Morgan fingerprint density at radius 1 is 1.35 bits per heavy atom. The van der Waals surface area contributed by atoms with Gasteiger partial charge in [-0.15, -0.1) is 12.4 Å². The van der Waals surface area contributed by atoms with E-state index in [1.807, 2.05) is 24.3 Å². The molecule has 1 aromatic heterocycles. The topological polar surface area (TPSA) is 67.2 Å². The smallest absolute Gasteiger partial charge is 0.226 e. The minimum atomic E-state index is 0. The van der Waals surface area contributed by atoms with Crippen molar-refractivity contribution in [1.82, 2.24) is 15.8 Å². The Bertz CT molecular complexity index is 632. The first-order valence-corrected chi connectivity index (χ1v) is 6.66. The van der Waals surface area contributed by atoms with Crippen LogP contribution in [0.25, 0.3) is 11.0 Å². The molecular weight excluding hydrogens is 278 g/mol. The fourth-order valence-electron chi connectivity index (χ4n) is 3.09. The van der Waals surface area contributed by atoms with E-state index in [9.17, 15) is 4.79 Å². The summed E-state index contributed by atoms with van der Waals surface area (Å²) < 4.78 is 5.21. The van der Waals surface area contributed by atoms with Crippen molar-refractivity contribution in [2.75, 3.05) is 13.1 Å². The second-order valence-electron chi connectivity index (χ2n) is 5.38. The quantitative estimate of drug-likeness (QED) is 0.890. The highest BCUT2D eigenvalue weighted by Gasteiger charge is 2.53. The van der Waals surface area contributed by atoms with E-state index in [2.05, 4.69) is 15.8 Å². The molecular formula is C14H16ClN3O2. The van der Waals surface area contributed by atoms with Crippen molar-refractivity contribution in [3.63, 3.8) is 0 Å². The molecule has 1 saturated heterocycles. The molecule has 1 saturated carbocycles. The maximum absolute atomic E-state index is 12.0. The van der Waals surface area contributed by atoms with Gasteiger partial charge in [-0.05, 0) is 24.0 Å². The number of amides is 1. The first-order chi connectivity index (χ1) is 9.33. The van der Waals surface area contributed by atoms with Crippen LogP contribution in [0.3, 0.4) is 0 Å². The third-order valence-electron chi connectivity index (χ3n) is 4.20. The lowest BCUT2D eigenvalue weighted by atomic mass is 10.1. The zero-order valence-corrected chi connectivity index (χ0v) is 11.7. The van der Waals surface area contributed by atoms with Gasteiger partial charge in [0.1, 0.15) is 5.69 Å². The van der Waals surface area contributed by atoms with E-state index in [1.54, 1.807) is 0 Å². The van der Waals surface area contributed by atoms with Gasteiger partial charge in [0.25, 0.3) is 0 Å². The van der Waals surface area contributed by atoms with Crippen molar-refractivity contribution in [3.8, 4) is 0 Å². The second-order valence-corrected chi connectivity index (χ2v) is 5.38. The number of aromatic nitrogens is 1. The van der Waals surface area contributed by atoms with Gasteiger partial charge in [0.15, 0.2) is 5.58 Å². The first-order valence-electron chi connectivity index (χ1n) is 6.66. The van der Waals surface area contributed by atoms with Crippen molar-refractivity contribution < 1.29 is 9.32 Å². The number of fused-ring (bicyclic) bond motifs is 2. The summed E-state index contributed by atoms with van der Waals surface area (Å²) in [5.74, 6) is 1.31. The van der Waals surface area contributed by atoms with Gasteiger partial charge in [-0.2, -0.15) is 0 Å². The lowest BCUT2D eigenvalue weighted by molar-refractivity contribution is -0.120. The number of hydrogen-bond acceptors (Lipinski definition) is 4. The molecule has 2 heterocycles. The van der Waals surface area contributed by atoms with Crippen LogP contribution in [0.5, 0.6) is 0 Å². The SMILES string of the molecule is Cl.O=C(Cc1noc2ccccc12)NC1C2CNCC21. The Morgan fingerprint density at radius 3 is 2.90 bits per heavy atom. The summed E-state index contributed by atoms with van der Waals surface area (Å²) in [7, 11) is 0. The molecule has 6 heteroatoms. The Balaban J connectivity index is 0.00000121. The maximum atomic E-state index is 12.0. The molecule has 2 aromatic rings. The van der Waals surface area contributed by atoms with Crippen LogP contribution in [0.1, 0.15) is 5.69 Å². The maximum Gasteiger partial charge on any atom is 0.226 e. The van der Waals surface area contributed by atoms with E-state index >= 15 is 0 Å². The van der Waals surface area contributed by atoms with E-state index in [4.69, 9.17) is 4.52 Å². The molecule has 4 rings (SSSR count). The summed E-state index contributed by atoms with van der Waals surface area (Å²) in [6.07, 6.45) is 0.292. The number of hydrogen-bond donors (Lipinski definition) is 2. The lowest BCUT2D eigenvalue weighted by Crippen LogP contribution is -2.33. The van der Waals surface area contributed by atoms with Gasteiger partial charge in [0, 0.05) is 24.5 Å². The molecule has 106 valence electrons. The van der Waals surface area contributed by atoms with Gasteiger partial charge >= 0.3 is 0 Å². The Kier molecular flexibility index (Phi) is 3.40. The molecule has 20 heavy (non-hydrogen) atoms. The van der Waals surface area contributed by atoms with Gasteiger partial charge in [0.2, 0.25) is 5.91 Å². The van der Waals surface area contributed by atoms with E-state index in [0.29, 0.717) is 24.3 Å². The second kappa shape index (κ2) is 5.07. The van der Waals surface area contributed by atoms with Crippen LogP contribution in [0.2, 0.25) is 0 Å². The average Bonchev–Trinajstić information content (AvgIpc) is 2.85. The lowest BCUT2D eigenvalue weighted by Gasteiger charge is -2.06. The third-order valence-corrected chi connectivity index (χ3v) is 4.20. The van der Waals surface area contributed by atoms with Gasteiger partial charge in [-0.25, -0.2) is 0 Å². The zero-order chi connectivity index (χ0) is 12.8. The number of para-hydroxylation sites is 1. The van der Waals surface area contributed by atoms with Crippen molar-refractivity contribution in [2.45, 2.75) is 12.5 Å². The number of nitrogens with zero attached hydrogens (tertiary/aromatic N) is 1. The Labute approximate surface area is 122 Å². The molecule has 0 radical (unpaired) electrons. The molecule has 2 unspecified atom stereocenters. The summed E-state index contributed by atoms with van der Waals surface area (Å²) in [4.78, 5) is 12.0. The third kappa shape index (κ3) is 2.17.